The van der Waals surface area contributed by atoms with Crippen molar-refractivity contribution >= 4 is 17.5 Å². The molecule has 0 unspecified atom stereocenters. The number of alkyl halides is 3. The van der Waals surface area contributed by atoms with Gasteiger partial charge in [-0.2, -0.15) is 23.0 Å². The zero-order valence-electron chi connectivity index (χ0n) is 24.5. The third-order valence-electron chi connectivity index (χ3n) is 7.30. The number of aliphatic hydroxyl groups excluding tert-OH is 1. The van der Waals surface area contributed by atoms with Crippen LogP contribution in [0.25, 0.3) is 16.9 Å². The molecule has 0 saturated carbocycles. The minimum Gasteiger partial charge on any atom is -0.497 e. The Morgan fingerprint density at radius 2 is 1.70 bits per heavy atom. The van der Waals surface area contributed by atoms with E-state index in [-0.39, 0.29) is 30.9 Å². The van der Waals surface area contributed by atoms with E-state index in [0.717, 1.165) is 11.0 Å². The number of halogens is 3. The van der Waals surface area contributed by atoms with Crippen LogP contribution in [0.4, 0.5) is 29.3 Å². The molecule has 1 N–H and O–H groups in total. The largest absolute Gasteiger partial charge is 0.497 e. The van der Waals surface area contributed by atoms with E-state index in [1.165, 1.54) is 26.4 Å². The Balaban J connectivity index is 1.80. The molecule has 2 aromatic carbocycles. The number of carbonyl (C=O) groups excluding carboxylic acids is 1. The number of fused-ring (bicyclic) bond motifs is 1. The number of ether oxygens (including phenoxy) is 3. The lowest BCUT2D eigenvalue weighted by Crippen LogP contribution is -2.39. The quantitative estimate of drug-likeness (QED) is 0.444. The van der Waals surface area contributed by atoms with Gasteiger partial charge in [-0.05, 0) is 63.9 Å². The Morgan fingerprint density at radius 3 is 2.26 bits per heavy atom. The summed E-state index contributed by atoms with van der Waals surface area (Å²) in [6.45, 7) is 5.76. The number of nitrogens with zero attached hydrogens (tertiary/aromatic N) is 4. The molecule has 230 valence electrons. The molecule has 0 radical (unpaired) electrons. The Labute approximate surface area is 246 Å². The molecule has 1 amide bonds. The summed E-state index contributed by atoms with van der Waals surface area (Å²) in [6.07, 6.45) is -5.58. The van der Waals surface area contributed by atoms with Crippen molar-refractivity contribution in [3.63, 3.8) is 0 Å². The van der Waals surface area contributed by atoms with Gasteiger partial charge in [-0.3, -0.25) is 9.69 Å². The average molecular weight is 603 g/mol. The van der Waals surface area contributed by atoms with Crippen molar-refractivity contribution in [3.05, 3.63) is 57.9 Å². The maximum Gasteiger partial charge on any atom is 0.418 e. The highest BCUT2D eigenvalue weighted by Crippen LogP contribution is 2.39. The maximum absolute atomic E-state index is 14.4. The number of β-amino-alcohol motifs (C(OH)–C–C–N with tert-alkyl or cyclic N) is 1. The number of hydrogen-bond donors (Lipinski definition) is 1. The number of hydrogen-bond acceptors (Lipinski definition) is 8. The first-order valence-corrected chi connectivity index (χ1v) is 13.7. The first kappa shape index (κ1) is 30.2. The number of rotatable bonds is 5. The van der Waals surface area contributed by atoms with Crippen molar-refractivity contribution in [1.29, 1.82) is 0 Å². The smallest absolute Gasteiger partial charge is 0.418 e. The predicted molar refractivity (Wildman–Crippen MR) is 153 cm³/mol. The number of aliphatic hydroxyl groups is 1. The molecule has 10 nitrogen and oxygen atoms in total. The Morgan fingerprint density at radius 1 is 1.02 bits per heavy atom. The monoisotopic (exact) mass is 602 g/mol. The van der Waals surface area contributed by atoms with E-state index < -0.39 is 40.8 Å². The summed E-state index contributed by atoms with van der Waals surface area (Å²) in [5, 5.41) is 14.5. The van der Waals surface area contributed by atoms with Crippen LogP contribution >= 0.6 is 0 Å². The molecule has 1 saturated heterocycles. The summed E-state index contributed by atoms with van der Waals surface area (Å²) >= 11 is 0. The van der Waals surface area contributed by atoms with E-state index in [2.05, 4.69) is 5.10 Å². The zero-order valence-corrected chi connectivity index (χ0v) is 24.5. The van der Waals surface area contributed by atoms with Crippen LogP contribution in [0.3, 0.4) is 0 Å². The SMILES string of the molecule is COc1cc(OC)cc(-c2nn(-c3cc(N4CC[C@@H](O)C4)ccc3C(F)(F)F)c(=O)c3c2CCN3C(=O)OC(C)(C)C)c1. The van der Waals surface area contributed by atoms with Gasteiger partial charge in [-0.25, -0.2) is 4.79 Å². The molecule has 0 bridgehead atoms. The summed E-state index contributed by atoms with van der Waals surface area (Å²) in [7, 11) is 2.91. The van der Waals surface area contributed by atoms with Gasteiger partial charge < -0.3 is 24.2 Å². The van der Waals surface area contributed by atoms with Crippen LogP contribution in [-0.4, -0.2) is 66.5 Å². The molecule has 3 heterocycles. The molecule has 13 heteroatoms. The molecule has 3 aromatic rings. The van der Waals surface area contributed by atoms with Gasteiger partial charge in [0.25, 0.3) is 5.56 Å². The third-order valence-corrected chi connectivity index (χ3v) is 7.30. The van der Waals surface area contributed by atoms with Crippen LogP contribution in [0.15, 0.2) is 41.2 Å². The number of anilines is 2. The van der Waals surface area contributed by atoms with Gasteiger partial charge in [-0.1, -0.05) is 0 Å². The average Bonchev–Trinajstić information content (AvgIpc) is 3.58. The number of aromatic nitrogens is 2. The van der Waals surface area contributed by atoms with Crippen LogP contribution in [0.2, 0.25) is 0 Å². The van der Waals surface area contributed by atoms with Crippen LogP contribution < -0.4 is 24.8 Å². The summed E-state index contributed by atoms with van der Waals surface area (Å²) in [4.78, 5) is 30.3. The van der Waals surface area contributed by atoms with E-state index in [1.807, 2.05) is 0 Å². The van der Waals surface area contributed by atoms with E-state index in [9.17, 15) is 27.9 Å². The Bertz CT molecular complexity index is 1590. The zero-order chi connectivity index (χ0) is 31.3. The highest BCUT2D eigenvalue weighted by atomic mass is 19.4. The van der Waals surface area contributed by atoms with Gasteiger partial charge >= 0.3 is 12.3 Å². The minimum absolute atomic E-state index is 0.0666. The molecule has 2 aliphatic heterocycles. The van der Waals surface area contributed by atoms with Crippen molar-refractivity contribution in [2.75, 3.05) is 43.7 Å². The second kappa shape index (κ2) is 11.1. The van der Waals surface area contributed by atoms with Gasteiger partial charge in [-0.15, -0.1) is 0 Å². The molecule has 0 aliphatic carbocycles. The van der Waals surface area contributed by atoms with Crippen LogP contribution in [0.1, 0.15) is 38.3 Å². The van der Waals surface area contributed by atoms with Crippen LogP contribution in [0, 0.1) is 0 Å². The lowest BCUT2D eigenvalue weighted by atomic mass is 10.0. The fourth-order valence-corrected chi connectivity index (χ4v) is 5.34. The fourth-order valence-electron chi connectivity index (χ4n) is 5.34. The first-order chi connectivity index (χ1) is 20.2. The normalized spacial score (nSPS) is 16.8. The molecule has 1 atom stereocenters. The van der Waals surface area contributed by atoms with Gasteiger partial charge in [0.1, 0.15) is 22.8 Å². The van der Waals surface area contributed by atoms with E-state index >= 15 is 0 Å². The van der Waals surface area contributed by atoms with E-state index in [0.29, 0.717) is 46.0 Å². The second-order valence-corrected chi connectivity index (χ2v) is 11.5. The predicted octanol–water partition coefficient (Wildman–Crippen LogP) is 4.80. The minimum atomic E-state index is -4.83. The first-order valence-electron chi connectivity index (χ1n) is 13.7. The van der Waals surface area contributed by atoms with Crippen molar-refractivity contribution in [2.24, 2.45) is 0 Å². The van der Waals surface area contributed by atoms with Gasteiger partial charge in [0.15, 0.2) is 0 Å². The molecule has 0 spiro atoms. The number of carbonyl (C=O) groups is 1. The van der Waals surface area contributed by atoms with Gasteiger partial charge in [0.05, 0.1) is 37.3 Å². The summed E-state index contributed by atoms with van der Waals surface area (Å²) < 4.78 is 60.3. The van der Waals surface area contributed by atoms with Crippen LogP contribution in [0.5, 0.6) is 11.5 Å². The summed E-state index contributed by atoms with van der Waals surface area (Å²) in [5.74, 6) is 0.797. The lowest BCUT2D eigenvalue weighted by Gasteiger charge is -2.25. The highest BCUT2D eigenvalue weighted by Gasteiger charge is 2.39. The lowest BCUT2D eigenvalue weighted by molar-refractivity contribution is -0.137. The van der Waals surface area contributed by atoms with Crippen LogP contribution in [-0.2, 0) is 17.3 Å². The number of methoxy groups -OCH3 is 2. The molecule has 1 fully saturated rings. The van der Waals surface area contributed by atoms with Crippen molar-refractivity contribution in [3.8, 4) is 28.4 Å². The third kappa shape index (κ3) is 5.99. The topological polar surface area (TPSA) is 106 Å². The number of amides is 1. The number of benzene rings is 2. The van der Waals surface area contributed by atoms with Crippen molar-refractivity contribution in [1.82, 2.24) is 9.78 Å². The molecule has 5 rings (SSSR count). The van der Waals surface area contributed by atoms with E-state index in [1.54, 1.807) is 43.9 Å². The molecule has 43 heavy (non-hydrogen) atoms. The standard InChI is InChI=1S/C30H33F3N4O6/c1-29(2,3)43-28(40)36-11-9-22-25(17-12-20(41-4)15-21(13-17)42-5)34-37(27(39)26(22)36)24-14-18(35-10-8-19(38)16-35)6-7-23(24)30(31,32)33/h6-7,12-15,19,38H,8-11,16H2,1-5H3/t19-/m1/s1. The maximum atomic E-state index is 14.4. The highest BCUT2D eigenvalue weighted by molar-refractivity contribution is 5.92. The van der Waals surface area contributed by atoms with Gasteiger partial charge in [0.2, 0.25) is 0 Å². The fraction of sp³-hybridized carbons (Fsp3) is 0.433. The van der Waals surface area contributed by atoms with Crippen molar-refractivity contribution < 1.29 is 37.3 Å². The Kier molecular flexibility index (Phi) is 7.80. The van der Waals surface area contributed by atoms with Crippen molar-refractivity contribution in [2.45, 2.75) is 51.5 Å². The van der Waals surface area contributed by atoms with Gasteiger partial charge in [0, 0.05) is 42.5 Å². The summed E-state index contributed by atoms with van der Waals surface area (Å²) in [5.41, 5.74) is -2.11. The van der Waals surface area contributed by atoms with E-state index in [4.69, 9.17) is 14.2 Å². The molecule has 2 aliphatic rings. The summed E-state index contributed by atoms with van der Waals surface area (Å²) in [6, 6.07) is 8.33. The molecular formula is C30H33F3N4O6. The second-order valence-electron chi connectivity index (χ2n) is 11.5. The molecule has 1 aromatic heterocycles. The Hall–Kier alpha value is -4.26. The molecular weight excluding hydrogens is 569 g/mol.